The lowest BCUT2D eigenvalue weighted by molar-refractivity contribution is -0.115. The number of benzene rings is 3. The second-order valence-corrected chi connectivity index (χ2v) is 7.46. The highest BCUT2D eigenvalue weighted by Crippen LogP contribution is 2.22. The molecule has 0 aliphatic heterocycles. The van der Waals surface area contributed by atoms with Gasteiger partial charge in [-0.05, 0) is 28.8 Å². The molecule has 1 heterocycles. The van der Waals surface area contributed by atoms with Crippen molar-refractivity contribution in [3.05, 3.63) is 107 Å². The molecule has 1 amide bonds. The van der Waals surface area contributed by atoms with E-state index in [4.69, 9.17) is 4.98 Å². The Kier molecular flexibility index (Phi) is 6.53. The summed E-state index contributed by atoms with van der Waals surface area (Å²) in [5.74, 6) is 0.375. The summed E-state index contributed by atoms with van der Waals surface area (Å²) >= 11 is 0. The molecule has 0 bridgehead atoms. The second kappa shape index (κ2) is 9.85. The fourth-order valence-electron chi connectivity index (χ4n) is 3.34. The van der Waals surface area contributed by atoms with Gasteiger partial charge in [-0.25, -0.2) is 9.97 Å². The Bertz CT molecular complexity index is 1190. The third-order valence-electron chi connectivity index (χ3n) is 5.05. The zero-order chi connectivity index (χ0) is 22.3. The maximum Gasteiger partial charge on any atom is 0.229 e. The van der Waals surface area contributed by atoms with Crippen LogP contribution in [0, 0.1) is 0 Å². The molecule has 6 heteroatoms. The molecule has 0 aliphatic carbocycles. The van der Waals surface area contributed by atoms with Gasteiger partial charge >= 0.3 is 0 Å². The number of aliphatic hydroxyl groups is 1. The quantitative estimate of drug-likeness (QED) is 0.414. The lowest BCUT2D eigenvalue weighted by atomic mass is 10.1. The van der Waals surface area contributed by atoms with E-state index in [9.17, 15) is 15.0 Å². The predicted octanol–water partition coefficient (Wildman–Crippen LogP) is 4.11. The number of aromatic hydroxyl groups is 1. The van der Waals surface area contributed by atoms with Gasteiger partial charge in [0.15, 0.2) is 5.82 Å². The number of carbonyl (C=O) groups is 1. The van der Waals surface area contributed by atoms with E-state index in [0.717, 1.165) is 22.3 Å². The number of amides is 1. The first-order valence-electron chi connectivity index (χ1n) is 10.3. The molecule has 3 aromatic carbocycles. The predicted molar refractivity (Wildman–Crippen MR) is 123 cm³/mol. The van der Waals surface area contributed by atoms with Gasteiger partial charge in [-0.2, -0.15) is 0 Å². The summed E-state index contributed by atoms with van der Waals surface area (Å²) in [5, 5.41) is 21.6. The topological polar surface area (TPSA) is 95.3 Å². The van der Waals surface area contributed by atoms with E-state index >= 15 is 0 Å². The first-order valence-corrected chi connectivity index (χ1v) is 10.3. The highest BCUT2D eigenvalue weighted by Gasteiger charge is 2.13. The Morgan fingerprint density at radius 3 is 2.22 bits per heavy atom. The minimum absolute atomic E-state index is 0.0167. The molecule has 0 spiro atoms. The zero-order valence-corrected chi connectivity index (χ0v) is 17.4. The van der Waals surface area contributed by atoms with Gasteiger partial charge in [-0.3, -0.25) is 4.79 Å². The number of phenolic OH excluding ortho intramolecular Hbond substituents is 1. The van der Waals surface area contributed by atoms with Gasteiger partial charge in [0.05, 0.1) is 30.6 Å². The number of rotatable bonds is 7. The average molecular weight is 425 g/mol. The van der Waals surface area contributed by atoms with Crippen LogP contribution in [0.15, 0.2) is 85.1 Å². The van der Waals surface area contributed by atoms with Gasteiger partial charge in [0.25, 0.3) is 0 Å². The highest BCUT2D eigenvalue weighted by molar-refractivity contribution is 5.92. The number of hydrogen-bond acceptors (Lipinski definition) is 5. The number of carbonyl (C=O) groups excluding carboxylic acids is 1. The molecular weight excluding hydrogens is 402 g/mol. The van der Waals surface area contributed by atoms with Crippen LogP contribution in [0.1, 0.15) is 22.4 Å². The smallest absolute Gasteiger partial charge is 0.229 e. The van der Waals surface area contributed by atoms with Gasteiger partial charge in [0.2, 0.25) is 5.91 Å². The Morgan fingerprint density at radius 1 is 0.844 bits per heavy atom. The van der Waals surface area contributed by atoms with Crippen molar-refractivity contribution in [2.45, 2.75) is 19.4 Å². The van der Waals surface area contributed by atoms with E-state index in [1.807, 2.05) is 54.6 Å². The number of hydrogen-bond donors (Lipinski definition) is 3. The summed E-state index contributed by atoms with van der Waals surface area (Å²) in [5.41, 5.74) is 4.91. The molecule has 6 nitrogen and oxygen atoms in total. The first-order chi connectivity index (χ1) is 15.6. The van der Waals surface area contributed by atoms with E-state index in [1.54, 1.807) is 30.5 Å². The number of anilines is 1. The van der Waals surface area contributed by atoms with Gasteiger partial charge in [0.1, 0.15) is 5.75 Å². The van der Waals surface area contributed by atoms with Crippen molar-refractivity contribution in [3.8, 4) is 17.0 Å². The zero-order valence-electron chi connectivity index (χ0n) is 17.4. The van der Waals surface area contributed by atoms with Crippen molar-refractivity contribution in [1.82, 2.24) is 9.97 Å². The van der Waals surface area contributed by atoms with Gasteiger partial charge in [0, 0.05) is 12.0 Å². The molecule has 0 aliphatic rings. The maximum absolute atomic E-state index is 12.6. The minimum Gasteiger partial charge on any atom is -0.508 e. The molecule has 0 unspecified atom stereocenters. The van der Waals surface area contributed by atoms with Crippen LogP contribution in [-0.4, -0.2) is 26.1 Å². The number of phenols is 1. The molecule has 0 fully saturated rings. The molecule has 1 aromatic heterocycles. The molecular formula is C26H23N3O3. The Morgan fingerprint density at radius 2 is 1.53 bits per heavy atom. The second-order valence-electron chi connectivity index (χ2n) is 7.46. The number of nitrogens with one attached hydrogen (secondary N) is 1. The Hall–Kier alpha value is -4.03. The maximum atomic E-state index is 12.6. The average Bonchev–Trinajstić information content (AvgIpc) is 2.82. The third-order valence-corrected chi connectivity index (χ3v) is 5.05. The van der Waals surface area contributed by atoms with Gasteiger partial charge in [-0.1, -0.05) is 66.7 Å². The van der Waals surface area contributed by atoms with Crippen molar-refractivity contribution in [3.63, 3.8) is 0 Å². The number of aliphatic hydroxyl groups excluding tert-OH is 1. The summed E-state index contributed by atoms with van der Waals surface area (Å²) in [4.78, 5) is 21.9. The van der Waals surface area contributed by atoms with Crippen LogP contribution in [0.3, 0.4) is 0 Å². The van der Waals surface area contributed by atoms with Crippen LogP contribution in [0.5, 0.6) is 5.75 Å². The van der Waals surface area contributed by atoms with Crippen LogP contribution in [-0.2, 0) is 24.2 Å². The largest absolute Gasteiger partial charge is 0.508 e. The number of aromatic nitrogens is 2. The van der Waals surface area contributed by atoms with E-state index in [0.29, 0.717) is 23.6 Å². The van der Waals surface area contributed by atoms with Crippen molar-refractivity contribution in [2.75, 3.05) is 5.32 Å². The van der Waals surface area contributed by atoms with E-state index < -0.39 is 0 Å². The molecule has 3 N–H and O–H groups in total. The molecule has 4 rings (SSSR count). The van der Waals surface area contributed by atoms with Crippen LogP contribution in [0.4, 0.5) is 5.82 Å². The Labute approximate surface area is 186 Å². The Balaban J connectivity index is 1.60. The number of nitrogens with zero attached hydrogens (tertiary/aromatic N) is 2. The summed E-state index contributed by atoms with van der Waals surface area (Å²) in [7, 11) is 0. The highest BCUT2D eigenvalue weighted by atomic mass is 16.3. The van der Waals surface area contributed by atoms with E-state index in [2.05, 4.69) is 10.3 Å². The van der Waals surface area contributed by atoms with Crippen LogP contribution >= 0.6 is 0 Å². The molecule has 0 atom stereocenters. The molecule has 0 radical (unpaired) electrons. The molecule has 32 heavy (non-hydrogen) atoms. The molecule has 0 saturated carbocycles. The van der Waals surface area contributed by atoms with Crippen molar-refractivity contribution >= 4 is 11.7 Å². The molecule has 0 saturated heterocycles. The van der Waals surface area contributed by atoms with Crippen LogP contribution in [0.25, 0.3) is 11.3 Å². The van der Waals surface area contributed by atoms with E-state index in [-0.39, 0.29) is 24.7 Å². The summed E-state index contributed by atoms with van der Waals surface area (Å²) in [6.45, 7) is -0.0167. The van der Waals surface area contributed by atoms with Crippen LogP contribution < -0.4 is 5.32 Å². The standard InChI is InChI=1S/C26H23N3O3/c30-17-20-6-10-21(11-7-20)24-16-27-26(23(28-24)14-18-4-2-1-3-5-18)29-25(32)15-19-8-12-22(31)13-9-19/h1-13,16,30-31H,14-15,17H2,(H,27,29,32). The summed E-state index contributed by atoms with van der Waals surface area (Å²) < 4.78 is 0. The van der Waals surface area contributed by atoms with E-state index in [1.165, 1.54) is 0 Å². The van der Waals surface area contributed by atoms with Gasteiger partial charge in [-0.15, -0.1) is 0 Å². The molecule has 160 valence electrons. The fourth-order valence-corrected chi connectivity index (χ4v) is 3.34. The van der Waals surface area contributed by atoms with Crippen molar-refractivity contribution in [2.24, 2.45) is 0 Å². The minimum atomic E-state index is -0.209. The lowest BCUT2D eigenvalue weighted by Crippen LogP contribution is -2.17. The van der Waals surface area contributed by atoms with Crippen LogP contribution in [0.2, 0.25) is 0 Å². The summed E-state index contributed by atoms with van der Waals surface area (Å²) in [6, 6.07) is 23.9. The van der Waals surface area contributed by atoms with Crippen molar-refractivity contribution < 1.29 is 15.0 Å². The van der Waals surface area contributed by atoms with Gasteiger partial charge < -0.3 is 15.5 Å². The normalized spacial score (nSPS) is 10.7. The third kappa shape index (κ3) is 5.36. The SMILES string of the molecule is O=C(Cc1ccc(O)cc1)Nc1ncc(-c2ccc(CO)cc2)nc1Cc1ccccc1. The molecule has 4 aromatic rings. The first kappa shape index (κ1) is 21.2. The summed E-state index contributed by atoms with van der Waals surface area (Å²) in [6.07, 6.45) is 2.32. The fraction of sp³-hybridized carbons (Fsp3) is 0.115. The monoisotopic (exact) mass is 425 g/mol. The van der Waals surface area contributed by atoms with Crippen molar-refractivity contribution in [1.29, 1.82) is 0 Å². The lowest BCUT2D eigenvalue weighted by Gasteiger charge is -2.12.